The van der Waals surface area contributed by atoms with Gasteiger partial charge in [-0.15, -0.1) is 11.3 Å². The van der Waals surface area contributed by atoms with Crippen LogP contribution < -0.4 is 0 Å². The zero-order valence-electron chi connectivity index (χ0n) is 16.4. The van der Waals surface area contributed by atoms with Crippen LogP contribution in [0.15, 0.2) is 5.38 Å². The Morgan fingerprint density at radius 2 is 1.89 bits per heavy atom. The number of hydrogen-bond acceptors (Lipinski definition) is 4. The number of aromatic nitrogens is 1. The summed E-state index contributed by atoms with van der Waals surface area (Å²) in [6.45, 7) is 4.93. The lowest BCUT2D eigenvalue weighted by Gasteiger charge is -2.56. The van der Waals surface area contributed by atoms with Crippen molar-refractivity contribution >= 4 is 17.2 Å². The molecule has 0 aromatic carbocycles. The summed E-state index contributed by atoms with van der Waals surface area (Å²) < 4.78 is 0. The Kier molecular flexibility index (Phi) is 3.79. The number of piperazine rings is 1. The second kappa shape index (κ2) is 6.03. The van der Waals surface area contributed by atoms with Crippen LogP contribution in [0, 0.1) is 17.8 Å². The van der Waals surface area contributed by atoms with E-state index in [0.29, 0.717) is 17.4 Å². The van der Waals surface area contributed by atoms with Crippen LogP contribution in [0.25, 0.3) is 0 Å². The lowest BCUT2D eigenvalue weighted by atomic mass is 9.50. The van der Waals surface area contributed by atoms with Crippen LogP contribution in [-0.4, -0.2) is 45.9 Å². The summed E-state index contributed by atoms with van der Waals surface area (Å²) in [7, 11) is 0. The van der Waals surface area contributed by atoms with Crippen molar-refractivity contribution in [3.05, 3.63) is 16.1 Å². The highest BCUT2D eigenvalue weighted by Gasteiger charge is 2.53. The third kappa shape index (κ3) is 2.64. The zero-order chi connectivity index (χ0) is 18.2. The van der Waals surface area contributed by atoms with Gasteiger partial charge in [-0.1, -0.05) is 0 Å². The van der Waals surface area contributed by atoms with Gasteiger partial charge in [0.15, 0.2) is 0 Å². The predicted octanol–water partition coefficient (Wildman–Crippen LogP) is 3.81. The van der Waals surface area contributed by atoms with Crippen LogP contribution in [0.1, 0.15) is 69.0 Å². The normalized spacial score (nSPS) is 43.5. The van der Waals surface area contributed by atoms with Crippen molar-refractivity contribution in [3.8, 4) is 0 Å². The molecule has 4 aliphatic carbocycles. The van der Waals surface area contributed by atoms with E-state index in [9.17, 15) is 4.79 Å². The van der Waals surface area contributed by atoms with Crippen LogP contribution >= 0.6 is 11.3 Å². The van der Waals surface area contributed by atoms with Crippen molar-refractivity contribution < 1.29 is 4.79 Å². The molecule has 6 aliphatic rings. The van der Waals surface area contributed by atoms with Crippen LogP contribution in [0.2, 0.25) is 0 Å². The number of rotatable bonds is 3. The molecule has 1 aromatic rings. The quantitative estimate of drug-likeness (QED) is 0.794. The molecule has 6 fully saturated rings. The van der Waals surface area contributed by atoms with E-state index in [1.807, 2.05) is 11.3 Å². The highest BCUT2D eigenvalue weighted by molar-refractivity contribution is 7.09. The van der Waals surface area contributed by atoms with Crippen molar-refractivity contribution in [2.24, 2.45) is 17.8 Å². The Hall–Kier alpha value is -0.940. The Balaban J connectivity index is 1.21. The summed E-state index contributed by atoms with van der Waals surface area (Å²) in [6, 6.07) is 0.444. The van der Waals surface area contributed by atoms with Crippen LogP contribution in [0.5, 0.6) is 0 Å². The minimum atomic E-state index is 0.00375. The van der Waals surface area contributed by atoms with Gasteiger partial charge in [-0.25, -0.2) is 4.98 Å². The number of nitrogens with zero attached hydrogens (tertiary/aromatic N) is 3. The number of fused-ring (bicyclic) bond motifs is 1. The smallest absolute Gasteiger partial charge is 0.239 e. The monoisotopic (exact) mass is 385 g/mol. The topological polar surface area (TPSA) is 36.4 Å². The minimum absolute atomic E-state index is 0.00375. The molecule has 4 saturated carbocycles. The van der Waals surface area contributed by atoms with E-state index in [4.69, 9.17) is 4.98 Å². The molecule has 2 aliphatic heterocycles. The molecule has 2 saturated heterocycles. The molecule has 1 amide bonds. The largest absolute Gasteiger partial charge is 0.337 e. The number of amides is 1. The molecule has 0 radical (unpaired) electrons. The second-order valence-electron chi connectivity index (χ2n) is 10.3. The Bertz CT molecular complexity index is 723. The first-order chi connectivity index (χ1) is 13.1. The van der Waals surface area contributed by atoms with Gasteiger partial charge in [0.1, 0.15) is 0 Å². The van der Waals surface area contributed by atoms with E-state index in [0.717, 1.165) is 37.4 Å². The van der Waals surface area contributed by atoms with Crippen molar-refractivity contribution in [2.45, 2.75) is 82.3 Å². The third-order valence-electron chi connectivity index (χ3n) is 8.42. The first-order valence-corrected chi connectivity index (χ1v) is 12.0. The lowest BCUT2D eigenvalue weighted by Crippen LogP contribution is -2.58. The van der Waals surface area contributed by atoms with Gasteiger partial charge in [-0.05, 0) is 76.0 Å². The highest BCUT2D eigenvalue weighted by Crippen LogP contribution is 2.61. The molecule has 2 atom stereocenters. The van der Waals surface area contributed by atoms with Gasteiger partial charge < -0.3 is 4.90 Å². The fourth-order valence-electron chi connectivity index (χ4n) is 7.55. The van der Waals surface area contributed by atoms with E-state index in [2.05, 4.69) is 22.1 Å². The average molecular weight is 386 g/mol. The number of carbonyl (C=O) groups excluding carboxylic acids is 1. The highest BCUT2D eigenvalue weighted by atomic mass is 32.1. The SMILES string of the molecule is C[C@@H]1C(=O)N2CCC[C@H]2CN1Cc1csc(C23CC4CC(CC(C4)C2)C3)n1. The van der Waals surface area contributed by atoms with Crippen molar-refractivity contribution in [2.75, 3.05) is 13.1 Å². The van der Waals surface area contributed by atoms with Crippen LogP contribution in [0.3, 0.4) is 0 Å². The molecule has 5 heteroatoms. The predicted molar refractivity (Wildman–Crippen MR) is 107 cm³/mol. The molecule has 146 valence electrons. The van der Waals surface area contributed by atoms with Gasteiger partial charge >= 0.3 is 0 Å². The number of carbonyl (C=O) groups is 1. The summed E-state index contributed by atoms with van der Waals surface area (Å²) >= 11 is 1.91. The molecule has 0 N–H and O–H groups in total. The summed E-state index contributed by atoms with van der Waals surface area (Å²) in [5, 5.41) is 3.72. The van der Waals surface area contributed by atoms with Crippen molar-refractivity contribution in [1.82, 2.24) is 14.8 Å². The van der Waals surface area contributed by atoms with Gasteiger partial charge in [0.05, 0.1) is 16.7 Å². The van der Waals surface area contributed by atoms with E-state index in [1.165, 1.54) is 62.1 Å². The maximum absolute atomic E-state index is 12.7. The van der Waals surface area contributed by atoms with Gasteiger partial charge in [0, 0.05) is 36.5 Å². The molecule has 0 spiro atoms. The van der Waals surface area contributed by atoms with Gasteiger partial charge in [-0.2, -0.15) is 0 Å². The standard InChI is InChI=1S/C22H31N3OS/c1-14-20(26)25-4-2-3-19(25)12-24(14)11-18-13-27-21(23-18)22-8-15-5-16(9-22)7-17(6-15)10-22/h13-17,19H,2-12H2,1H3/t14-,15?,16?,17?,19+,22?/m1/s1. The van der Waals surface area contributed by atoms with E-state index in [-0.39, 0.29) is 6.04 Å². The minimum Gasteiger partial charge on any atom is -0.337 e. The molecule has 4 nitrogen and oxygen atoms in total. The Morgan fingerprint density at radius 1 is 1.19 bits per heavy atom. The molecule has 4 bridgehead atoms. The second-order valence-corrected chi connectivity index (χ2v) is 11.1. The van der Waals surface area contributed by atoms with E-state index >= 15 is 0 Å². The molecule has 3 heterocycles. The first-order valence-electron chi connectivity index (χ1n) is 11.1. The average Bonchev–Trinajstić information content (AvgIpc) is 3.28. The van der Waals surface area contributed by atoms with Gasteiger partial charge in [-0.3, -0.25) is 9.69 Å². The Morgan fingerprint density at radius 3 is 2.59 bits per heavy atom. The third-order valence-corrected chi connectivity index (χ3v) is 9.56. The van der Waals surface area contributed by atoms with Gasteiger partial charge in [0.25, 0.3) is 0 Å². The summed E-state index contributed by atoms with van der Waals surface area (Å²) in [6.07, 6.45) is 11.0. The molecular formula is C22H31N3OS. The lowest BCUT2D eigenvalue weighted by molar-refractivity contribution is -0.143. The fourth-order valence-corrected chi connectivity index (χ4v) is 8.59. The first kappa shape index (κ1) is 17.0. The van der Waals surface area contributed by atoms with Crippen molar-refractivity contribution in [3.63, 3.8) is 0 Å². The molecule has 1 aromatic heterocycles. The Labute approximate surface area is 166 Å². The summed E-state index contributed by atoms with van der Waals surface area (Å²) in [4.78, 5) is 22.4. The summed E-state index contributed by atoms with van der Waals surface area (Å²) in [5.41, 5.74) is 1.61. The van der Waals surface area contributed by atoms with Crippen LogP contribution in [-0.2, 0) is 16.8 Å². The summed E-state index contributed by atoms with van der Waals surface area (Å²) in [5.74, 6) is 3.24. The molecular weight excluding hydrogens is 354 g/mol. The van der Waals surface area contributed by atoms with Gasteiger partial charge in [0.2, 0.25) is 5.91 Å². The molecule has 27 heavy (non-hydrogen) atoms. The van der Waals surface area contributed by atoms with E-state index in [1.54, 1.807) is 0 Å². The van der Waals surface area contributed by atoms with Crippen molar-refractivity contribution in [1.29, 1.82) is 0 Å². The van der Waals surface area contributed by atoms with Crippen LogP contribution in [0.4, 0.5) is 0 Å². The molecule has 0 unspecified atom stereocenters. The molecule has 7 rings (SSSR count). The maximum atomic E-state index is 12.7. The zero-order valence-corrected chi connectivity index (χ0v) is 17.2. The fraction of sp³-hybridized carbons (Fsp3) is 0.818. The maximum Gasteiger partial charge on any atom is 0.239 e. The number of thiazole rings is 1. The van der Waals surface area contributed by atoms with E-state index < -0.39 is 0 Å². The number of hydrogen-bond donors (Lipinski definition) is 0.